The molecule has 0 spiro atoms. The van der Waals surface area contributed by atoms with Crippen LogP contribution in [0, 0.1) is 0 Å². The molecule has 0 heterocycles. The summed E-state index contributed by atoms with van der Waals surface area (Å²) in [6.07, 6.45) is -4.59. The molecule has 0 atom stereocenters. The van der Waals surface area contributed by atoms with Crippen LogP contribution in [0.5, 0.6) is 11.5 Å². The molecule has 0 saturated heterocycles. The Morgan fingerprint density at radius 2 is 1.53 bits per heavy atom. The van der Waals surface area contributed by atoms with Crippen LogP contribution in [0.3, 0.4) is 0 Å². The highest BCUT2D eigenvalue weighted by atomic mass is 35.5. The molecule has 0 aromatic heterocycles. The van der Waals surface area contributed by atoms with E-state index in [0.29, 0.717) is 28.3 Å². The van der Waals surface area contributed by atoms with Gasteiger partial charge in [0.15, 0.2) is 6.61 Å². The van der Waals surface area contributed by atoms with Gasteiger partial charge in [-0.1, -0.05) is 35.3 Å². The Kier molecular flexibility index (Phi) is 9.98. The molecule has 2 N–H and O–H groups in total. The van der Waals surface area contributed by atoms with Crippen molar-refractivity contribution in [1.82, 2.24) is 0 Å². The highest BCUT2D eigenvalue weighted by molar-refractivity contribution is 6.33. The van der Waals surface area contributed by atoms with Crippen LogP contribution in [-0.4, -0.2) is 24.4 Å². The quantitative estimate of drug-likeness (QED) is 0.254. The Labute approximate surface area is 225 Å². The molecule has 3 rings (SSSR count). The minimum atomic E-state index is -4.61. The Balaban J connectivity index is 1.36. The van der Waals surface area contributed by atoms with Gasteiger partial charge in [-0.2, -0.15) is 13.2 Å². The second-order valence-electron chi connectivity index (χ2n) is 7.86. The number of halogens is 5. The average molecular weight is 569 g/mol. The summed E-state index contributed by atoms with van der Waals surface area (Å²) in [5.74, 6) is -0.925. The van der Waals surface area contributed by atoms with Crippen molar-refractivity contribution in [3.05, 3.63) is 82.3 Å². The van der Waals surface area contributed by atoms with Crippen LogP contribution in [0.15, 0.2) is 66.7 Å². The SMILES string of the molecule is O=C(CCCC(=O)OCC(=O)Nc1cc(C(F)(F)F)ccc1Cl)Nc1ccc(Oc2ccccc2Cl)cc1. The number of alkyl halides is 3. The van der Waals surface area contributed by atoms with E-state index in [9.17, 15) is 27.6 Å². The number of hydrogen-bond acceptors (Lipinski definition) is 5. The van der Waals surface area contributed by atoms with Gasteiger partial charge in [-0.3, -0.25) is 14.4 Å². The summed E-state index contributed by atoms with van der Waals surface area (Å²) in [7, 11) is 0. The Morgan fingerprint density at radius 3 is 2.21 bits per heavy atom. The molecule has 12 heteroatoms. The molecule has 200 valence electrons. The van der Waals surface area contributed by atoms with Crippen LogP contribution in [0.25, 0.3) is 0 Å². The number of ether oxygens (including phenoxy) is 2. The van der Waals surface area contributed by atoms with Gasteiger partial charge in [-0.25, -0.2) is 0 Å². The maximum Gasteiger partial charge on any atom is 0.416 e. The summed E-state index contributed by atoms with van der Waals surface area (Å²) in [6, 6.07) is 16.1. The number of benzene rings is 3. The Bertz CT molecular complexity index is 1300. The molecule has 0 aliphatic rings. The minimum Gasteiger partial charge on any atom is -0.456 e. The Hall–Kier alpha value is -3.76. The lowest BCUT2D eigenvalue weighted by Gasteiger charge is -2.12. The molecule has 38 heavy (non-hydrogen) atoms. The third-order valence-corrected chi connectivity index (χ3v) is 5.56. The zero-order chi connectivity index (χ0) is 27.7. The van der Waals surface area contributed by atoms with Gasteiger partial charge in [0.05, 0.1) is 21.3 Å². The molecule has 0 saturated carbocycles. The highest BCUT2D eigenvalue weighted by Crippen LogP contribution is 2.34. The third-order valence-electron chi connectivity index (χ3n) is 4.92. The molecule has 0 bridgehead atoms. The number of para-hydroxylation sites is 1. The fourth-order valence-corrected chi connectivity index (χ4v) is 3.42. The molecule has 0 aliphatic carbocycles. The molecule has 0 unspecified atom stereocenters. The summed E-state index contributed by atoms with van der Waals surface area (Å²) in [4.78, 5) is 36.0. The highest BCUT2D eigenvalue weighted by Gasteiger charge is 2.31. The molecule has 2 amide bonds. The minimum absolute atomic E-state index is 0.0129. The predicted molar refractivity (Wildman–Crippen MR) is 136 cm³/mol. The van der Waals surface area contributed by atoms with Gasteiger partial charge in [0.1, 0.15) is 11.5 Å². The number of carbonyl (C=O) groups excluding carboxylic acids is 3. The zero-order valence-corrected chi connectivity index (χ0v) is 21.1. The van der Waals surface area contributed by atoms with Crippen molar-refractivity contribution < 1.29 is 37.0 Å². The lowest BCUT2D eigenvalue weighted by Crippen LogP contribution is -2.21. The lowest BCUT2D eigenvalue weighted by molar-refractivity contribution is -0.147. The number of nitrogens with one attached hydrogen (secondary N) is 2. The summed E-state index contributed by atoms with van der Waals surface area (Å²) in [5, 5.41) is 5.22. The molecule has 3 aromatic rings. The first-order valence-corrected chi connectivity index (χ1v) is 11.9. The van der Waals surface area contributed by atoms with Crippen LogP contribution < -0.4 is 15.4 Å². The van der Waals surface area contributed by atoms with Gasteiger partial charge in [-0.05, 0) is 61.0 Å². The smallest absolute Gasteiger partial charge is 0.416 e. The van der Waals surface area contributed by atoms with E-state index in [-0.39, 0.29) is 35.9 Å². The van der Waals surface area contributed by atoms with E-state index in [1.54, 1.807) is 48.5 Å². The number of anilines is 2. The number of carbonyl (C=O) groups is 3. The van der Waals surface area contributed by atoms with Gasteiger partial charge < -0.3 is 20.1 Å². The zero-order valence-electron chi connectivity index (χ0n) is 19.6. The predicted octanol–water partition coefficient (Wildman–Crippen LogP) is 7.10. The maximum atomic E-state index is 12.8. The van der Waals surface area contributed by atoms with E-state index in [1.165, 1.54) is 0 Å². The van der Waals surface area contributed by atoms with E-state index in [2.05, 4.69) is 10.6 Å². The van der Waals surface area contributed by atoms with Crippen molar-refractivity contribution in [2.24, 2.45) is 0 Å². The Morgan fingerprint density at radius 1 is 0.816 bits per heavy atom. The standard InChI is InChI=1S/C26H21Cl2F3N2O5/c27-19-13-8-16(26(29,30)31)14-21(19)33-24(35)15-37-25(36)7-3-6-23(34)32-17-9-11-18(12-10-17)38-22-5-2-1-4-20(22)28/h1-2,4-5,8-14H,3,6-7,15H2,(H,32,34)(H,33,35). The van der Waals surface area contributed by atoms with Gasteiger partial charge >= 0.3 is 12.1 Å². The molecule has 7 nitrogen and oxygen atoms in total. The van der Waals surface area contributed by atoms with E-state index in [4.69, 9.17) is 32.7 Å². The van der Waals surface area contributed by atoms with E-state index in [1.807, 2.05) is 0 Å². The van der Waals surface area contributed by atoms with Crippen LogP contribution in [0.2, 0.25) is 10.0 Å². The first-order chi connectivity index (χ1) is 18.0. The van der Waals surface area contributed by atoms with Crippen LogP contribution >= 0.6 is 23.2 Å². The van der Waals surface area contributed by atoms with E-state index < -0.39 is 30.2 Å². The van der Waals surface area contributed by atoms with Crippen LogP contribution in [0.1, 0.15) is 24.8 Å². The van der Waals surface area contributed by atoms with Crippen molar-refractivity contribution in [3.8, 4) is 11.5 Å². The molecular weight excluding hydrogens is 548 g/mol. The summed E-state index contributed by atoms with van der Waals surface area (Å²) >= 11 is 11.9. The molecule has 3 aromatic carbocycles. The van der Waals surface area contributed by atoms with Crippen molar-refractivity contribution in [1.29, 1.82) is 0 Å². The van der Waals surface area contributed by atoms with Gasteiger partial charge in [0.25, 0.3) is 5.91 Å². The number of esters is 1. The second kappa shape index (κ2) is 13.2. The first-order valence-electron chi connectivity index (χ1n) is 11.2. The summed E-state index contributed by atoms with van der Waals surface area (Å²) < 4.78 is 49.0. The number of hydrogen-bond donors (Lipinski definition) is 2. The van der Waals surface area contributed by atoms with Crippen molar-refractivity contribution in [2.45, 2.75) is 25.4 Å². The first kappa shape index (κ1) is 28.8. The normalized spacial score (nSPS) is 11.0. The summed E-state index contributed by atoms with van der Waals surface area (Å²) in [5.41, 5.74) is -0.731. The van der Waals surface area contributed by atoms with Crippen molar-refractivity contribution >= 4 is 52.4 Å². The van der Waals surface area contributed by atoms with Gasteiger partial charge in [0, 0.05) is 18.5 Å². The monoisotopic (exact) mass is 568 g/mol. The van der Waals surface area contributed by atoms with Crippen LogP contribution in [-0.2, 0) is 25.3 Å². The topological polar surface area (TPSA) is 93.7 Å². The van der Waals surface area contributed by atoms with Crippen molar-refractivity contribution in [3.63, 3.8) is 0 Å². The fraction of sp³-hybridized carbons (Fsp3) is 0.192. The second-order valence-corrected chi connectivity index (χ2v) is 8.67. The van der Waals surface area contributed by atoms with Crippen LogP contribution in [0.4, 0.5) is 24.5 Å². The molecule has 0 aliphatic heterocycles. The maximum absolute atomic E-state index is 12.8. The fourth-order valence-electron chi connectivity index (χ4n) is 3.08. The van der Waals surface area contributed by atoms with E-state index in [0.717, 1.165) is 12.1 Å². The average Bonchev–Trinajstić information content (AvgIpc) is 2.86. The molecule has 0 radical (unpaired) electrons. The third kappa shape index (κ3) is 8.97. The number of rotatable bonds is 10. The van der Waals surface area contributed by atoms with Gasteiger partial charge in [0.2, 0.25) is 5.91 Å². The molecule has 0 fully saturated rings. The number of amides is 2. The molecular formula is C26H21Cl2F3N2O5. The summed E-state index contributed by atoms with van der Waals surface area (Å²) in [6.45, 7) is -0.722. The van der Waals surface area contributed by atoms with Gasteiger partial charge in [-0.15, -0.1) is 0 Å². The van der Waals surface area contributed by atoms with Crippen molar-refractivity contribution in [2.75, 3.05) is 17.2 Å². The largest absolute Gasteiger partial charge is 0.456 e. The van der Waals surface area contributed by atoms with E-state index >= 15 is 0 Å². The lowest BCUT2D eigenvalue weighted by atomic mass is 10.2.